The summed E-state index contributed by atoms with van der Waals surface area (Å²) >= 11 is 4.95. The third kappa shape index (κ3) is 8.30. The fraction of sp³-hybridized carbons (Fsp3) is 0.400. The number of hydrogen-bond donors (Lipinski definition) is 4. The number of amides is 3. The topological polar surface area (TPSA) is 109 Å². The minimum Gasteiger partial charge on any atom is -0.497 e. The third-order valence-electron chi connectivity index (χ3n) is 4.49. The maximum Gasteiger partial charge on any atom is 0.257 e. The van der Waals surface area contributed by atoms with Crippen molar-refractivity contribution in [3.8, 4) is 5.75 Å². The molecule has 4 N–H and O–H groups in total. The zero-order valence-electron chi connectivity index (χ0n) is 16.3. The van der Waals surface area contributed by atoms with Crippen LogP contribution in [0.3, 0.4) is 0 Å². The number of hydrazine groups is 1. The van der Waals surface area contributed by atoms with E-state index in [0.29, 0.717) is 0 Å². The van der Waals surface area contributed by atoms with E-state index < -0.39 is 11.8 Å². The fourth-order valence-electron chi connectivity index (χ4n) is 2.92. The molecule has 9 heteroatoms. The second-order valence-electron chi connectivity index (χ2n) is 6.65. The van der Waals surface area contributed by atoms with Crippen LogP contribution in [0, 0.1) is 5.92 Å². The van der Waals surface area contributed by atoms with Crippen molar-refractivity contribution in [2.45, 2.75) is 32.1 Å². The summed E-state index contributed by atoms with van der Waals surface area (Å²) in [5.74, 6) is -0.290. The van der Waals surface area contributed by atoms with Gasteiger partial charge in [0, 0.05) is 12.0 Å². The van der Waals surface area contributed by atoms with Crippen molar-refractivity contribution in [3.63, 3.8) is 0 Å². The van der Waals surface area contributed by atoms with Gasteiger partial charge in [-0.05, 0) is 48.8 Å². The molecule has 0 heterocycles. The number of methoxy groups -OCH3 is 1. The summed E-state index contributed by atoms with van der Waals surface area (Å²) in [6.07, 6.45) is 7.93. The molecule has 8 nitrogen and oxygen atoms in total. The van der Waals surface area contributed by atoms with E-state index in [0.717, 1.165) is 43.4 Å². The predicted octanol–water partition coefficient (Wildman–Crippen LogP) is 1.43. The number of hydrogen-bond acceptors (Lipinski definition) is 5. The van der Waals surface area contributed by atoms with E-state index in [9.17, 15) is 14.4 Å². The Labute approximate surface area is 175 Å². The van der Waals surface area contributed by atoms with Crippen LogP contribution in [-0.2, 0) is 14.4 Å². The number of rotatable bonds is 6. The van der Waals surface area contributed by atoms with E-state index in [1.807, 2.05) is 0 Å². The van der Waals surface area contributed by atoms with Gasteiger partial charge in [-0.15, -0.1) is 0 Å². The highest BCUT2D eigenvalue weighted by atomic mass is 32.1. The number of thiocarbonyl (C=S) groups is 1. The molecule has 3 amide bonds. The van der Waals surface area contributed by atoms with Gasteiger partial charge in [0.1, 0.15) is 5.75 Å². The highest BCUT2D eigenvalue weighted by molar-refractivity contribution is 7.80. The normalized spacial score (nSPS) is 14.1. The maximum atomic E-state index is 12.0. The van der Waals surface area contributed by atoms with Gasteiger partial charge in [0.05, 0.1) is 13.7 Å². The summed E-state index contributed by atoms with van der Waals surface area (Å²) in [6, 6.07) is 7.18. The van der Waals surface area contributed by atoms with Crippen molar-refractivity contribution >= 4 is 41.1 Å². The molecule has 0 atom stereocenters. The lowest BCUT2D eigenvalue weighted by Crippen LogP contribution is -2.51. The molecule has 1 saturated carbocycles. The standard InChI is InChI=1S/C20H26N4O4S/c1-28-16-10-7-14(8-11-16)9-12-17(25)22-20(29)24-23-18(26)13-21-19(27)15-5-3-2-4-6-15/h7-12,15H,2-6,13H2,1H3,(H,21,27)(H,23,26)(H2,22,24,25,29)/b12-9+. The molecule has 0 saturated heterocycles. The van der Waals surface area contributed by atoms with Gasteiger partial charge >= 0.3 is 0 Å². The van der Waals surface area contributed by atoms with Crippen molar-refractivity contribution in [2.75, 3.05) is 13.7 Å². The predicted molar refractivity (Wildman–Crippen MR) is 114 cm³/mol. The molecule has 0 bridgehead atoms. The smallest absolute Gasteiger partial charge is 0.257 e. The highest BCUT2D eigenvalue weighted by Crippen LogP contribution is 2.23. The Kier molecular flexibility index (Phi) is 9.10. The Balaban J connectivity index is 1.64. The first kappa shape index (κ1) is 22.4. The summed E-state index contributed by atoms with van der Waals surface area (Å²) in [5, 5.41) is 4.98. The Morgan fingerprint density at radius 2 is 1.79 bits per heavy atom. The summed E-state index contributed by atoms with van der Waals surface area (Å²) in [5.41, 5.74) is 5.58. The summed E-state index contributed by atoms with van der Waals surface area (Å²) in [4.78, 5) is 35.7. The Bertz CT molecular complexity index is 758. The molecular weight excluding hydrogens is 392 g/mol. The van der Waals surface area contributed by atoms with Crippen molar-refractivity contribution in [1.82, 2.24) is 21.5 Å². The zero-order chi connectivity index (χ0) is 21.1. The van der Waals surface area contributed by atoms with E-state index in [1.165, 1.54) is 6.08 Å². The Morgan fingerprint density at radius 1 is 1.10 bits per heavy atom. The van der Waals surface area contributed by atoms with Crippen molar-refractivity contribution < 1.29 is 19.1 Å². The van der Waals surface area contributed by atoms with Gasteiger partial charge in [-0.3, -0.25) is 30.6 Å². The largest absolute Gasteiger partial charge is 0.497 e. The molecule has 0 aromatic heterocycles. The van der Waals surface area contributed by atoms with E-state index >= 15 is 0 Å². The van der Waals surface area contributed by atoms with E-state index in [4.69, 9.17) is 17.0 Å². The molecule has 1 aliphatic carbocycles. The zero-order valence-corrected chi connectivity index (χ0v) is 17.1. The fourth-order valence-corrected chi connectivity index (χ4v) is 3.07. The van der Waals surface area contributed by atoms with E-state index in [1.54, 1.807) is 37.5 Å². The van der Waals surface area contributed by atoms with Crippen LogP contribution in [0.25, 0.3) is 6.08 Å². The van der Waals surface area contributed by atoms with Gasteiger partial charge in [-0.2, -0.15) is 0 Å². The van der Waals surface area contributed by atoms with E-state index in [-0.39, 0.29) is 23.5 Å². The number of ether oxygens (including phenoxy) is 1. The van der Waals surface area contributed by atoms with Crippen molar-refractivity contribution in [3.05, 3.63) is 35.9 Å². The first-order chi connectivity index (χ1) is 14.0. The van der Waals surface area contributed by atoms with Gasteiger partial charge < -0.3 is 10.1 Å². The molecule has 1 fully saturated rings. The average molecular weight is 419 g/mol. The van der Waals surface area contributed by atoms with Crippen LogP contribution in [-0.4, -0.2) is 36.5 Å². The Hall–Kier alpha value is -2.94. The van der Waals surface area contributed by atoms with Gasteiger partial charge in [-0.25, -0.2) is 0 Å². The summed E-state index contributed by atoms with van der Waals surface area (Å²) < 4.78 is 5.07. The minimum atomic E-state index is -0.459. The second kappa shape index (κ2) is 11.8. The summed E-state index contributed by atoms with van der Waals surface area (Å²) in [6.45, 7) is -0.156. The van der Waals surface area contributed by atoms with Crippen LogP contribution in [0.1, 0.15) is 37.7 Å². The SMILES string of the molecule is COc1ccc(/C=C/C(=O)NC(=S)NNC(=O)CNC(=O)C2CCCCC2)cc1. The molecule has 0 unspecified atom stereocenters. The quantitative estimate of drug-likeness (QED) is 0.316. The van der Waals surface area contributed by atoms with Crippen LogP contribution in [0.2, 0.25) is 0 Å². The molecule has 0 aliphatic heterocycles. The van der Waals surface area contributed by atoms with Crippen LogP contribution >= 0.6 is 12.2 Å². The van der Waals surface area contributed by atoms with Gasteiger partial charge in [0.2, 0.25) is 11.8 Å². The maximum absolute atomic E-state index is 12.0. The molecule has 1 aromatic carbocycles. The van der Waals surface area contributed by atoms with Crippen molar-refractivity contribution in [2.24, 2.45) is 5.92 Å². The van der Waals surface area contributed by atoms with Gasteiger partial charge in [0.15, 0.2) is 5.11 Å². The number of nitrogens with one attached hydrogen (secondary N) is 4. The van der Waals surface area contributed by atoms with E-state index in [2.05, 4.69) is 21.5 Å². The number of carbonyl (C=O) groups is 3. The van der Waals surface area contributed by atoms with Gasteiger partial charge in [-0.1, -0.05) is 31.4 Å². The highest BCUT2D eigenvalue weighted by Gasteiger charge is 2.21. The van der Waals surface area contributed by atoms with Crippen LogP contribution in [0.15, 0.2) is 30.3 Å². The second-order valence-corrected chi connectivity index (χ2v) is 7.06. The molecule has 1 aliphatic rings. The lowest BCUT2D eigenvalue weighted by Gasteiger charge is -2.20. The first-order valence-corrected chi connectivity index (χ1v) is 9.88. The molecule has 0 radical (unpaired) electrons. The molecule has 29 heavy (non-hydrogen) atoms. The van der Waals surface area contributed by atoms with Crippen LogP contribution < -0.4 is 26.2 Å². The molecule has 1 aromatic rings. The lowest BCUT2D eigenvalue weighted by atomic mass is 9.89. The first-order valence-electron chi connectivity index (χ1n) is 9.47. The summed E-state index contributed by atoms with van der Waals surface area (Å²) in [7, 11) is 1.58. The Morgan fingerprint density at radius 3 is 2.45 bits per heavy atom. The third-order valence-corrected chi connectivity index (χ3v) is 4.70. The molecule has 2 rings (SSSR count). The lowest BCUT2D eigenvalue weighted by molar-refractivity contribution is -0.129. The number of benzene rings is 1. The molecule has 156 valence electrons. The minimum absolute atomic E-state index is 0.0117. The van der Waals surface area contributed by atoms with Crippen LogP contribution in [0.5, 0.6) is 5.75 Å². The number of carbonyl (C=O) groups excluding carboxylic acids is 3. The molecular formula is C20H26N4O4S. The average Bonchev–Trinajstić information content (AvgIpc) is 2.75. The van der Waals surface area contributed by atoms with Crippen LogP contribution in [0.4, 0.5) is 0 Å². The van der Waals surface area contributed by atoms with Crippen molar-refractivity contribution in [1.29, 1.82) is 0 Å². The van der Waals surface area contributed by atoms with Gasteiger partial charge in [0.25, 0.3) is 5.91 Å². The monoisotopic (exact) mass is 418 g/mol. The molecule has 0 spiro atoms.